The number of benzene rings is 1. The maximum Gasteiger partial charge on any atom is 0.233 e. The molecule has 47 heavy (non-hydrogen) atoms. The number of hydrogen-bond acceptors (Lipinski definition) is 8. The van der Waals surface area contributed by atoms with Gasteiger partial charge >= 0.3 is 0 Å². The molecule has 0 spiro atoms. The van der Waals surface area contributed by atoms with E-state index in [-0.39, 0.29) is 17.5 Å². The Morgan fingerprint density at radius 3 is 2.47 bits per heavy atom. The molecular weight excluding hydrogens is 588 g/mol. The van der Waals surface area contributed by atoms with Crippen LogP contribution in [0.5, 0.6) is 5.75 Å². The Morgan fingerprint density at radius 2 is 1.77 bits per heavy atom. The van der Waals surface area contributed by atoms with Gasteiger partial charge in [-0.1, -0.05) is 43.2 Å². The summed E-state index contributed by atoms with van der Waals surface area (Å²) in [5, 5.41) is 17.8. The van der Waals surface area contributed by atoms with Crippen LogP contribution in [0.3, 0.4) is 0 Å². The van der Waals surface area contributed by atoms with Gasteiger partial charge in [0.1, 0.15) is 24.2 Å². The summed E-state index contributed by atoms with van der Waals surface area (Å²) in [7, 11) is 0. The number of fused-ring (bicyclic) bond motifs is 5. The van der Waals surface area contributed by atoms with E-state index in [1.54, 1.807) is 10.7 Å². The maximum atomic E-state index is 14.2. The molecule has 240 valence electrons. The lowest BCUT2D eigenvalue weighted by molar-refractivity contribution is -0.152. The van der Waals surface area contributed by atoms with Gasteiger partial charge in [0.05, 0.1) is 41.0 Å². The average Bonchev–Trinajstić information content (AvgIpc) is 3.79. The highest BCUT2D eigenvalue weighted by molar-refractivity contribution is 5.90. The van der Waals surface area contributed by atoms with E-state index in [0.29, 0.717) is 30.2 Å². The van der Waals surface area contributed by atoms with Crippen LogP contribution in [-0.2, 0) is 10.2 Å². The SMILES string of the molecule is N#Cc1cnn2cc(OCCN3C4CNCC3C4)cc(-c3ccc(N4CC5CC(C4)N5C(=O)C4(c5ccccc5)CCCC4)nc3)c12. The Kier molecular flexibility index (Phi) is 6.94. The van der Waals surface area contributed by atoms with Crippen molar-refractivity contribution in [3.63, 3.8) is 0 Å². The van der Waals surface area contributed by atoms with Gasteiger partial charge in [0.25, 0.3) is 0 Å². The number of hydrogen-bond donors (Lipinski definition) is 1. The minimum absolute atomic E-state index is 0.217. The number of anilines is 1. The van der Waals surface area contributed by atoms with Crippen molar-refractivity contribution >= 4 is 17.2 Å². The molecule has 1 aromatic carbocycles. The molecule has 1 aliphatic carbocycles. The summed E-state index contributed by atoms with van der Waals surface area (Å²) in [6.07, 6.45) is 11.8. The minimum Gasteiger partial charge on any atom is -0.491 e. The summed E-state index contributed by atoms with van der Waals surface area (Å²) in [6.45, 7) is 5.21. The van der Waals surface area contributed by atoms with Crippen molar-refractivity contribution in [2.45, 2.75) is 68.1 Å². The molecule has 4 unspecified atom stereocenters. The molecule has 0 radical (unpaired) electrons. The molecule has 5 saturated heterocycles. The van der Waals surface area contributed by atoms with Gasteiger partial charge in [0.2, 0.25) is 5.91 Å². The lowest BCUT2D eigenvalue weighted by atomic mass is 9.74. The third-order valence-electron chi connectivity index (χ3n) is 11.6. The van der Waals surface area contributed by atoms with Gasteiger partial charge in [0, 0.05) is 62.1 Å². The number of nitriles is 1. The molecule has 10 nitrogen and oxygen atoms in total. The van der Waals surface area contributed by atoms with Crippen LogP contribution >= 0.6 is 0 Å². The normalized spacial score (nSPS) is 26.0. The van der Waals surface area contributed by atoms with Crippen molar-refractivity contribution in [2.75, 3.05) is 44.2 Å². The fourth-order valence-corrected chi connectivity index (χ4v) is 9.14. The molecule has 1 saturated carbocycles. The van der Waals surface area contributed by atoms with Gasteiger partial charge in [-0.25, -0.2) is 9.50 Å². The van der Waals surface area contributed by atoms with Crippen molar-refractivity contribution in [1.82, 2.24) is 29.7 Å². The van der Waals surface area contributed by atoms with Crippen LogP contribution in [0.25, 0.3) is 16.6 Å². The predicted octanol–water partition coefficient (Wildman–Crippen LogP) is 3.99. The van der Waals surface area contributed by atoms with E-state index < -0.39 is 0 Å². The van der Waals surface area contributed by atoms with E-state index in [2.05, 4.69) is 67.6 Å². The van der Waals surface area contributed by atoms with Gasteiger partial charge in [0.15, 0.2) is 0 Å². The molecular formula is C37H40N8O2. The number of nitrogens with zero attached hydrogens (tertiary/aromatic N) is 7. The molecule has 10 heteroatoms. The number of pyridine rings is 2. The summed E-state index contributed by atoms with van der Waals surface area (Å²) in [4.78, 5) is 26.2. The van der Waals surface area contributed by atoms with Crippen LogP contribution in [0.15, 0.2) is 67.1 Å². The second kappa shape index (κ2) is 11.4. The van der Waals surface area contributed by atoms with Gasteiger partial charge in [-0.05, 0) is 49.4 Å². The van der Waals surface area contributed by atoms with Crippen molar-refractivity contribution in [1.29, 1.82) is 5.26 Å². The standard InChI is InChI=1S/C37H40N8O2/c38-17-26-19-41-44-24-32(47-13-12-43-28-14-29(43)21-39-20-28)16-33(35(26)44)25-8-9-34(40-18-25)42-22-30-15-31(23-42)45(30)36(46)37(10-4-5-11-37)27-6-2-1-3-7-27/h1-3,6-9,16,18-19,24,28-31,39H,4-5,10-15,20-23H2. The number of carbonyl (C=O) groups excluding carboxylic acids is 1. The third kappa shape index (κ3) is 4.70. The third-order valence-corrected chi connectivity index (χ3v) is 11.6. The first-order valence-corrected chi connectivity index (χ1v) is 17.2. The summed E-state index contributed by atoms with van der Waals surface area (Å²) in [6, 6.07) is 20.6. The first kappa shape index (κ1) is 28.7. The number of piperazine rings is 2. The molecule has 8 heterocycles. The van der Waals surface area contributed by atoms with Crippen LogP contribution in [-0.4, -0.2) is 93.8 Å². The predicted molar refractivity (Wildman–Crippen MR) is 178 cm³/mol. The Hall–Kier alpha value is -4.46. The number of ether oxygens (including phenoxy) is 1. The summed E-state index contributed by atoms with van der Waals surface area (Å²) >= 11 is 0. The highest BCUT2D eigenvalue weighted by Gasteiger charge is 2.54. The number of piperidine rings is 2. The van der Waals surface area contributed by atoms with E-state index >= 15 is 0 Å². The summed E-state index contributed by atoms with van der Waals surface area (Å²) < 4.78 is 8.01. The van der Waals surface area contributed by atoms with Crippen molar-refractivity contribution in [3.8, 4) is 22.9 Å². The molecule has 6 aliphatic rings. The largest absolute Gasteiger partial charge is 0.491 e. The van der Waals surface area contributed by atoms with Gasteiger partial charge in [-0.3, -0.25) is 9.69 Å². The van der Waals surface area contributed by atoms with Gasteiger partial charge < -0.3 is 19.9 Å². The average molecular weight is 629 g/mol. The van der Waals surface area contributed by atoms with Gasteiger partial charge in [-0.2, -0.15) is 10.4 Å². The lowest BCUT2D eigenvalue weighted by Gasteiger charge is -2.58. The molecule has 6 fully saturated rings. The van der Waals surface area contributed by atoms with Crippen LogP contribution in [0.1, 0.15) is 49.7 Å². The minimum atomic E-state index is -0.370. The molecule has 1 amide bonds. The maximum absolute atomic E-state index is 14.2. The monoisotopic (exact) mass is 628 g/mol. The zero-order valence-electron chi connectivity index (χ0n) is 26.6. The van der Waals surface area contributed by atoms with Crippen LogP contribution in [0, 0.1) is 11.3 Å². The molecule has 10 rings (SSSR count). The van der Waals surface area contributed by atoms with Crippen molar-refractivity contribution < 1.29 is 9.53 Å². The Balaban J connectivity index is 0.914. The van der Waals surface area contributed by atoms with Crippen molar-refractivity contribution in [3.05, 3.63) is 78.2 Å². The second-order valence-corrected chi connectivity index (χ2v) is 14.1. The Labute approximate surface area is 274 Å². The smallest absolute Gasteiger partial charge is 0.233 e. The number of amides is 1. The first-order chi connectivity index (χ1) is 23.1. The fraction of sp³-hybridized carbons (Fsp3) is 0.459. The molecule has 3 aromatic heterocycles. The van der Waals surface area contributed by atoms with Crippen LogP contribution in [0.2, 0.25) is 0 Å². The van der Waals surface area contributed by atoms with E-state index in [1.807, 2.05) is 24.5 Å². The molecule has 1 N–H and O–H groups in total. The molecule has 4 aromatic rings. The Bertz CT molecular complexity index is 1820. The molecule has 4 atom stereocenters. The zero-order valence-corrected chi connectivity index (χ0v) is 26.6. The van der Waals surface area contributed by atoms with Crippen LogP contribution < -0.4 is 15.0 Å². The zero-order chi connectivity index (χ0) is 31.5. The van der Waals surface area contributed by atoms with E-state index in [1.165, 1.54) is 12.0 Å². The van der Waals surface area contributed by atoms with E-state index in [4.69, 9.17) is 9.72 Å². The summed E-state index contributed by atoms with van der Waals surface area (Å²) in [5.74, 6) is 1.97. The van der Waals surface area contributed by atoms with Gasteiger partial charge in [-0.15, -0.1) is 0 Å². The van der Waals surface area contributed by atoms with E-state index in [9.17, 15) is 10.1 Å². The number of nitrogens with one attached hydrogen (secondary N) is 1. The highest BCUT2D eigenvalue weighted by Crippen LogP contribution is 2.46. The van der Waals surface area contributed by atoms with Crippen molar-refractivity contribution in [2.24, 2.45) is 0 Å². The Morgan fingerprint density at radius 1 is 1.00 bits per heavy atom. The number of rotatable bonds is 8. The number of aromatic nitrogens is 3. The number of carbonyl (C=O) groups is 1. The highest BCUT2D eigenvalue weighted by atomic mass is 16.5. The lowest BCUT2D eigenvalue weighted by Crippen LogP contribution is -2.72. The first-order valence-electron chi connectivity index (χ1n) is 17.2. The molecule has 4 bridgehead atoms. The summed E-state index contributed by atoms with van der Waals surface area (Å²) in [5.41, 5.74) is 3.87. The second-order valence-electron chi connectivity index (χ2n) is 14.1. The van der Waals surface area contributed by atoms with Crippen LogP contribution in [0.4, 0.5) is 5.82 Å². The topological polar surface area (TPSA) is 102 Å². The quantitative estimate of drug-likeness (QED) is 0.313. The fourth-order valence-electron chi connectivity index (χ4n) is 9.14. The van der Waals surface area contributed by atoms with E-state index in [0.717, 1.165) is 93.0 Å². The molecule has 5 aliphatic heterocycles.